The number of rotatable bonds is 6. The number of benzene rings is 3. The molecule has 2 aliphatic rings. The van der Waals surface area contributed by atoms with Crippen LogP contribution in [0.2, 0.25) is 0 Å². The van der Waals surface area contributed by atoms with Crippen LogP contribution in [0, 0.1) is 23.5 Å². The zero-order valence-corrected chi connectivity index (χ0v) is 22.8. The molecule has 1 saturated heterocycles. The molecule has 0 saturated carbocycles. The molecule has 0 radical (unpaired) electrons. The summed E-state index contributed by atoms with van der Waals surface area (Å²) in [6.45, 7) is 3.37. The van der Waals surface area contributed by atoms with Gasteiger partial charge in [0.1, 0.15) is 17.4 Å². The van der Waals surface area contributed by atoms with Gasteiger partial charge in [-0.05, 0) is 62.3 Å². The Morgan fingerprint density at radius 1 is 0.976 bits per heavy atom. The minimum absolute atomic E-state index is 0.164. The van der Waals surface area contributed by atoms with Crippen LogP contribution in [0.5, 0.6) is 5.75 Å². The number of ether oxygens (including phenoxy) is 1. The minimum atomic E-state index is -0.672. The summed E-state index contributed by atoms with van der Waals surface area (Å²) in [6.07, 6.45) is 4.95. The Kier molecular flexibility index (Phi) is 7.70. The molecule has 6 rings (SSSR count). The smallest absolute Gasteiger partial charge is 0.227 e. The largest absolute Gasteiger partial charge is 0.497 e. The maximum absolute atomic E-state index is 15.1. The van der Waals surface area contributed by atoms with E-state index in [1.165, 1.54) is 31.0 Å². The van der Waals surface area contributed by atoms with Crippen molar-refractivity contribution in [2.45, 2.75) is 25.8 Å². The second-order valence-electron chi connectivity index (χ2n) is 10.0. The lowest BCUT2D eigenvalue weighted by Crippen LogP contribution is -2.19. The first-order valence-corrected chi connectivity index (χ1v) is 13.7. The van der Waals surface area contributed by atoms with E-state index in [4.69, 9.17) is 9.72 Å². The number of halogens is 2. The average molecular weight is 550 g/mol. The normalized spacial score (nSPS) is 14.3. The fourth-order valence-corrected chi connectivity index (χ4v) is 5.24. The lowest BCUT2D eigenvalue weighted by atomic mass is 9.93. The monoisotopic (exact) mass is 549 g/mol. The summed E-state index contributed by atoms with van der Waals surface area (Å²) in [4.78, 5) is 16.4. The third-order valence-corrected chi connectivity index (χ3v) is 7.31. The van der Waals surface area contributed by atoms with Gasteiger partial charge in [-0.15, -0.1) is 0 Å². The van der Waals surface area contributed by atoms with Crippen LogP contribution >= 0.6 is 0 Å². The van der Waals surface area contributed by atoms with Crippen LogP contribution in [-0.2, 0) is 6.54 Å². The highest BCUT2D eigenvalue weighted by Crippen LogP contribution is 2.34. The molecule has 1 N–H and O–H groups in total. The SMILES string of the molecule is COc1cccc(Nc2ncc3c(n2)-c2ccc(C#CCCN4CCCC4)cc2C(c2c(F)cccc2F)=NC3)c1. The van der Waals surface area contributed by atoms with Gasteiger partial charge >= 0.3 is 0 Å². The van der Waals surface area contributed by atoms with Crippen molar-refractivity contribution >= 4 is 17.3 Å². The molecule has 8 heteroatoms. The topological polar surface area (TPSA) is 62.6 Å². The zero-order valence-electron chi connectivity index (χ0n) is 22.8. The molecule has 3 heterocycles. The summed E-state index contributed by atoms with van der Waals surface area (Å²) in [7, 11) is 1.61. The maximum Gasteiger partial charge on any atom is 0.227 e. The van der Waals surface area contributed by atoms with E-state index in [0.29, 0.717) is 28.5 Å². The zero-order chi connectivity index (χ0) is 28.2. The van der Waals surface area contributed by atoms with Crippen molar-refractivity contribution in [2.75, 3.05) is 32.1 Å². The molecule has 4 aromatic rings. The van der Waals surface area contributed by atoms with E-state index in [1.807, 2.05) is 42.5 Å². The van der Waals surface area contributed by atoms with E-state index in [9.17, 15) is 0 Å². The Bertz CT molecular complexity index is 1660. The third-order valence-electron chi connectivity index (χ3n) is 7.31. The molecule has 3 aromatic carbocycles. The molecule has 0 spiro atoms. The van der Waals surface area contributed by atoms with E-state index in [2.05, 4.69) is 32.0 Å². The fourth-order valence-electron chi connectivity index (χ4n) is 5.24. The number of nitrogens with zero attached hydrogens (tertiary/aromatic N) is 4. The number of nitrogens with one attached hydrogen (secondary N) is 1. The van der Waals surface area contributed by atoms with Gasteiger partial charge in [-0.3, -0.25) is 4.99 Å². The number of fused-ring (bicyclic) bond motifs is 3. The molecule has 6 nitrogen and oxygen atoms in total. The van der Waals surface area contributed by atoms with E-state index in [0.717, 1.165) is 42.9 Å². The average Bonchev–Trinajstić information content (AvgIpc) is 3.46. The van der Waals surface area contributed by atoms with Crippen LogP contribution in [0.25, 0.3) is 11.3 Å². The van der Waals surface area contributed by atoms with Crippen LogP contribution in [0.15, 0.2) is 71.9 Å². The van der Waals surface area contributed by atoms with Crippen molar-refractivity contribution in [3.05, 3.63) is 101 Å². The summed E-state index contributed by atoms with van der Waals surface area (Å²) >= 11 is 0. The van der Waals surface area contributed by atoms with Gasteiger partial charge in [0.05, 0.1) is 30.6 Å². The lowest BCUT2D eigenvalue weighted by molar-refractivity contribution is 0.348. The molecule has 1 fully saturated rings. The van der Waals surface area contributed by atoms with E-state index < -0.39 is 11.6 Å². The highest BCUT2D eigenvalue weighted by Gasteiger charge is 2.25. The van der Waals surface area contributed by atoms with E-state index in [1.54, 1.807) is 13.3 Å². The first-order chi connectivity index (χ1) is 20.1. The molecule has 0 bridgehead atoms. The van der Waals surface area contributed by atoms with Crippen LogP contribution in [0.3, 0.4) is 0 Å². The second kappa shape index (κ2) is 11.9. The highest BCUT2D eigenvalue weighted by atomic mass is 19.1. The number of hydrogen-bond donors (Lipinski definition) is 1. The van der Waals surface area contributed by atoms with Crippen LogP contribution in [-0.4, -0.2) is 47.3 Å². The van der Waals surface area contributed by atoms with E-state index in [-0.39, 0.29) is 17.8 Å². The summed E-state index contributed by atoms with van der Waals surface area (Å²) in [5.74, 6) is 6.25. The molecule has 0 aliphatic carbocycles. The van der Waals surface area contributed by atoms with Crippen molar-refractivity contribution in [1.29, 1.82) is 0 Å². The molecule has 2 aliphatic heterocycles. The fraction of sp³-hybridized carbons (Fsp3) is 0.242. The number of aliphatic imine (C=N–C) groups is 1. The molecular weight excluding hydrogens is 520 g/mol. The third kappa shape index (κ3) is 5.81. The van der Waals surface area contributed by atoms with Gasteiger partial charge < -0.3 is 15.0 Å². The van der Waals surface area contributed by atoms with Gasteiger partial charge in [0, 0.05) is 53.2 Å². The molecule has 206 valence electrons. The predicted molar refractivity (Wildman–Crippen MR) is 157 cm³/mol. The molecule has 0 amide bonds. The van der Waals surface area contributed by atoms with Crippen molar-refractivity contribution in [2.24, 2.45) is 4.99 Å². The van der Waals surface area contributed by atoms with Crippen LogP contribution in [0.4, 0.5) is 20.4 Å². The van der Waals surface area contributed by atoms with Crippen molar-refractivity contribution < 1.29 is 13.5 Å². The Hall–Kier alpha value is -4.61. The van der Waals surface area contributed by atoms with Gasteiger partial charge in [0.15, 0.2) is 0 Å². The molecule has 0 unspecified atom stereocenters. The quantitative estimate of drug-likeness (QED) is 0.284. The number of anilines is 2. The number of likely N-dealkylation sites (tertiary alicyclic amines) is 1. The van der Waals surface area contributed by atoms with Gasteiger partial charge in [-0.25, -0.2) is 18.7 Å². The van der Waals surface area contributed by atoms with E-state index >= 15 is 8.78 Å². The Balaban J connectivity index is 1.39. The number of aromatic nitrogens is 2. The first-order valence-electron chi connectivity index (χ1n) is 13.7. The minimum Gasteiger partial charge on any atom is -0.497 e. The predicted octanol–water partition coefficient (Wildman–Crippen LogP) is 6.36. The number of methoxy groups -OCH3 is 1. The van der Waals surface area contributed by atoms with Crippen LogP contribution in [0.1, 0.15) is 41.5 Å². The van der Waals surface area contributed by atoms with Gasteiger partial charge in [0.2, 0.25) is 5.95 Å². The van der Waals surface area contributed by atoms with Crippen molar-refractivity contribution in [1.82, 2.24) is 14.9 Å². The van der Waals surface area contributed by atoms with Gasteiger partial charge in [-0.2, -0.15) is 0 Å². The summed E-state index contributed by atoms with van der Waals surface area (Å²) in [6, 6.07) is 17.0. The molecule has 41 heavy (non-hydrogen) atoms. The number of hydrogen-bond acceptors (Lipinski definition) is 6. The molecule has 1 aromatic heterocycles. The Morgan fingerprint density at radius 3 is 2.59 bits per heavy atom. The van der Waals surface area contributed by atoms with Crippen molar-refractivity contribution in [3.63, 3.8) is 0 Å². The van der Waals surface area contributed by atoms with Crippen molar-refractivity contribution in [3.8, 4) is 28.8 Å². The Labute approximate surface area is 238 Å². The second-order valence-corrected chi connectivity index (χ2v) is 10.0. The summed E-state index contributed by atoms with van der Waals surface area (Å²) in [5, 5.41) is 3.22. The first kappa shape index (κ1) is 26.6. The van der Waals surface area contributed by atoms with Gasteiger partial charge in [-0.1, -0.05) is 30.0 Å². The summed E-state index contributed by atoms with van der Waals surface area (Å²) < 4.78 is 35.4. The Morgan fingerprint density at radius 2 is 1.78 bits per heavy atom. The molecular formula is C33H29F2N5O. The lowest BCUT2D eigenvalue weighted by Gasteiger charge is -2.14. The van der Waals surface area contributed by atoms with Crippen LogP contribution < -0.4 is 10.1 Å². The molecule has 0 atom stereocenters. The maximum atomic E-state index is 15.1. The standard InChI is InChI=1S/C33H29F2N5O/c1-41-25-10-6-9-24(19-25)38-33-37-21-23-20-36-32(30-28(34)11-7-12-29(30)35)27-18-22(13-14-26(27)31(23)39-33)8-2-3-15-40-16-4-5-17-40/h6-7,9-14,18-19,21H,3-5,15-17,20H2,1H3,(H,37,38,39). The summed E-state index contributed by atoms with van der Waals surface area (Å²) in [5.41, 5.74) is 4.26. The van der Waals surface area contributed by atoms with Gasteiger partial charge in [0.25, 0.3) is 0 Å². The highest BCUT2D eigenvalue weighted by molar-refractivity contribution is 6.17.